The molecule has 164 valence electrons. The van der Waals surface area contributed by atoms with Crippen molar-refractivity contribution in [3.8, 4) is 0 Å². The van der Waals surface area contributed by atoms with E-state index in [1.54, 1.807) is 6.20 Å². The summed E-state index contributed by atoms with van der Waals surface area (Å²) in [6, 6.07) is 2.14. The average molecular weight is 417 g/mol. The Kier molecular flexibility index (Phi) is 6.97. The fourth-order valence-electron chi connectivity index (χ4n) is 3.67. The lowest BCUT2D eigenvalue weighted by Crippen LogP contribution is -2.23. The Hall–Kier alpha value is -2.61. The van der Waals surface area contributed by atoms with Crippen LogP contribution in [0.5, 0.6) is 0 Å². The number of aromatic nitrogens is 2. The number of fused-ring (bicyclic) bond motifs is 1. The van der Waals surface area contributed by atoms with E-state index in [0.717, 1.165) is 18.5 Å². The number of rotatable bonds is 8. The minimum absolute atomic E-state index is 0.00242. The van der Waals surface area contributed by atoms with Crippen molar-refractivity contribution >= 4 is 34.3 Å². The van der Waals surface area contributed by atoms with Gasteiger partial charge in [0.2, 0.25) is 5.91 Å². The minimum atomic E-state index is -0.510. The van der Waals surface area contributed by atoms with E-state index in [-0.39, 0.29) is 24.0 Å². The van der Waals surface area contributed by atoms with Gasteiger partial charge in [-0.05, 0) is 39.2 Å². The van der Waals surface area contributed by atoms with Crippen molar-refractivity contribution in [3.05, 3.63) is 18.0 Å². The second kappa shape index (κ2) is 9.47. The monoisotopic (exact) mass is 416 g/mol. The summed E-state index contributed by atoms with van der Waals surface area (Å²) in [7, 11) is 1.34. The largest absolute Gasteiger partial charge is 0.464 e. The Balaban J connectivity index is 2.17. The highest BCUT2D eigenvalue weighted by Crippen LogP contribution is 2.34. The van der Waals surface area contributed by atoms with Crippen LogP contribution >= 0.6 is 0 Å². The molecule has 0 bridgehead atoms. The Labute approximate surface area is 177 Å². The molecule has 2 N–H and O–H groups in total. The number of methoxy groups -OCH3 is 1. The van der Waals surface area contributed by atoms with Gasteiger partial charge in [-0.3, -0.25) is 4.79 Å². The van der Waals surface area contributed by atoms with Gasteiger partial charge in [0.15, 0.2) is 5.69 Å². The molecule has 0 spiro atoms. The van der Waals surface area contributed by atoms with E-state index in [0.29, 0.717) is 42.0 Å². The Morgan fingerprint density at radius 1 is 1.37 bits per heavy atom. The Bertz CT molecular complexity index is 915. The Morgan fingerprint density at radius 3 is 2.73 bits per heavy atom. The van der Waals surface area contributed by atoms with Crippen LogP contribution in [0.15, 0.2) is 12.3 Å². The highest BCUT2D eigenvalue weighted by molar-refractivity contribution is 6.11. The molecule has 8 heteroatoms. The van der Waals surface area contributed by atoms with Crippen molar-refractivity contribution in [1.29, 1.82) is 0 Å². The zero-order valence-corrected chi connectivity index (χ0v) is 18.4. The summed E-state index contributed by atoms with van der Waals surface area (Å²) in [6.45, 7) is 9.09. The summed E-state index contributed by atoms with van der Waals surface area (Å²) in [4.78, 5) is 30.2. The molecule has 2 aromatic heterocycles. The van der Waals surface area contributed by atoms with E-state index in [4.69, 9.17) is 9.47 Å². The number of pyridine rings is 1. The molecule has 3 heterocycles. The van der Waals surface area contributed by atoms with Gasteiger partial charge in [-0.25, -0.2) is 9.78 Å². The third-order valence-corrected chi connectivity index (χ3v) is 5.45. The van der Waals surface area contributed by atoms with E-state index in [1.807, 2.05) is 38.3 Å². The number of ether oxygens (including phenoxy) is 2. The molecular formula is C22H32N4O4. The predicted molar refractivity (Wildman–Crippen MR) is 117 cm³/mol. The van der Waals surface area contributed by atoms with Crippen molar-refractivity contribution in [3.63, 3.8) is 0 Å². The number of hydrogen-bond acceptors (Lipinski definition) is 6. The van der Waals surface area contributed by atoms with E-state index in [1.165, 1.54) is 7.11 Å². The van der Waals surface area contributed by atoms with Crippen LogP contribution < -0.4 is 10.6 Å². The third kappa shape index (κ3) is 4.59. The lowest BCUT2D eigenvalue weighted by molar-refractivity contribution is -0.119. The summed E-state index contributed by atoms with van der Waals surface area (Å²) in [6.07, 6.45) is 4.35. The average Bonchev–Trinajstić information content (AvgIpc) is 3.33. The first-order valence-corrected chi connectivity index (χ1v) is 10.6. The number of carbonyl (C=O) groups is 2. The van der Waals surface area contributed by atoms with Gasteiger partial charge in [-0.15, -0.1) is 0 Å². The van der Waals surface area contributed by atoms with Gasteiger partial charge >= 0.3 is 5.97 Å². The molecule has 1 aliphatic heterocycles. The van der Waals surface area contributed by atoms with E-state index >= 15 is 0 Å². The molecule has 1 aliphatic rings. The van der Waals surface area contributed by atoms with Gasteiger partial charge in [0, 0.05) is 24.0 Å². The van der Waals surface area contributed by atoms with Crippen LogP contribution in [0.25, 0.3) is 11.0 Å². The first-order valence-electron chi connectivity index (χ1n) is 10.6. The minimum Gasteiger partial charge on any atom is -0.464 e. The maximum absolute atomic E-state index is 12.8. The van der Waals surface area contributed by atoms with Crippen LogP contribution in [-0.4, -0.2) is 47.3 Å². The normalized spacial score (nSPS) is 17.3. The van der Waals surface area contributed by atoms with Gasteiger partial charge in [0.05, 0.1) is 37.3 Å². The summed E-state index contributed by atoms with van der Waals surface area (Å²) in [5.74, 6) is -0.832. The summed E-state index contributed by atoms with van der Waals surface area (Å²) in [5, 5.41) is 7.01. The zero-order valence-electron chi connectivity index (χ0n) is 18.4. The van der Waals surface area contributed by atoms with Crippen molar-refractivity contribution < 1.29 is 19.1 Å². The zero-order chi connectivity index (χ0) is 21.8. The maximum atomic E-state index is 12.8. The molecule has 0 radical (unpaired) electrons. The number of amides is 1. The summed E-state index contributed by atoms with van der Waals surface area (Å²) in [5.41, 5.74) is 2.19. The fourth-order valence-corrected chi connectivity index (χ4v) is 3.67. The van der Waals surface area contributed by atoms with Crippen molar-refractivity contribution in [2.24, 2.45) is 5.92 Å². The molecule has 1 amide bonds. The van der Waals surface area contributed by atoms with E-state index in [9.17, 15) is 9.59 Å². The lowest BCUT2D eigenvalue weighted by atomic mass is 10.1. The van der Waals surface area contributed by atoms with E-state index in [2.05, 4.69) is 15.6 Å². The van der Waals surface area contributed by atoms with Crippen LogP contribution in [0.3, 0.4) is 0 Å². The van der Waals surface area contributed by atoms with Gasteiger partial charge in [0.25, 0.3) is 0 Å². The molecule has 0 aromatic carbocycles. The number of nitrogens with zero attached hydrogens (tertiary/aromatic N) is 2. The van der Waals surface area contributed by atoms with Crippen LogP contribution in [-0.2, 0) is 20.8 Å². The van der Waals surface area contributed by atoms with Crippen LogP contribution in [0.4, 0.5) is 11.4 Å². The maximum Gasteiger partial charge on any atom is 0.356 e. The molecule has 3 rings (SSSR count). The quantitative estimate of drug-likeness (QED) is 0.636. The van der Waals surface area contributed by atoms with Crippen LogP contribution in [0, 0.1) is 5.92 Å². The standard InChI is InChI=1S/C22H32N4O4/c1-6-14(4)21(27)25-18-17-10-15(24-13(2)3)11-23-20(17)26(19(18)22(28)29-5)12-16-8-7-9-30-16/h10-11,13-14,16,24H,6-9,12H2,1-5H3,(H,25,27). The topological polar surface area (TPSA) is 94.5 Å². The SMILES string of the molecule is CCC(C)C(=O)Nc1c(C(=O)OC)n(CC2CCCO2)c2ncc(NC(C)C)cc12. The molecule has 1 saturated heterocycles. The lowest BCUT2D eigenvalue weighted by Gasteiger charge is -2.15. The molecular weight excluding hydrogens is 384 g/mol. The number of hydrogen-bond donors (Lipinski definition) is 2. The summed E-state index contributed by atoms with van der Waals surface area (Å²) < 4.78 is 12.7. The van der Waals surface area contributed by atoms with Crippen molar-refractivity contribution in [2.75, 3.05) is 24.4 Å². The number of carbonyl (C=O) groups excluding carboxylic acids is 2. The number of nitrogens with one attached hydrogen (secondary N) is 2. The highest BCUT2D eigenvalue weighted by Gasteiger charge is 2.29. The molecule has 2 unspecified atom stereocenters. The van der Waals surface area contributed by atoms with E-state index < -0.39 is 5.97 Å². The Morgan fingerprint density at radius 2 is 2.13 bits per heavy atom. The summed E-state index contributed by atoms with van der Waals surface area (Å²) >= 11 is 0. The first-order chi connectivity index (χ1) is 14.3. The smallest absolute Gasteiger partial charge is 0.356 e. The molecule has 2 aromatic rings. The van der Waals surface area contributed by atoms with Gasteiger partial charge in [-0.2, -0.15) is 0 Å². The van der Waals surface area contributed by atoms with Crippen LogP contribution in [0.2, 0.25) is 0 Å². The first kappa shape index (κ1) is 22.1. The molecule has 0 saturated carbocycles. The highest BCUT2D eigenvalue weighted by atomic mass is 16.5. The van der Waals surface area contributed by atoms with Gasteiger partial charge in [0.1, 0.15) is 5.65 Å². The number of anilines is 2. The number of esters is 1. The molecule has 8 nitrogen and oxygen atoms in total. The second-order valence-electron chi connectivity index (χ2n) is 8.15. The fraction of sp³-hybridized carbons (Fsp3) is 0.591. The predicted octanol–water partition coefficient (Wildman–Crippen LogP) is 3.81. The molecule has 2 atom stereocenters. The van der Waals surface area contributed by atoms with Gasteiger partial charge < -0.3 is 24.7 Å². The van der Waals surface area contributed by atoms with Crippen LogP contribution in [0.1, 0.15) is 57.4 Å². The van der Waals surface area contributed by atoms with Gasteiger partial charge in [-0.1, -0.05) is 13.8 Å². The molecule has 0 aliphatic carbocycles. The molecule has 30 heavy (non-hydrogen) atoms. The molecule has 1 fully saturated rings. The van der Waals surface area contributed by atoms with Crippen molar-refractivity contribution in [1.82, 2.24) is 9.55 Å². The van der Waals surface area contributed by atoms with Crippen molar-refractivity contribution in [2.45, 2.75) is 65.6 Å². The third-order valence-electron chi connectivity index (χ3n) is 5.45. The second-order valence-corrected chi connectivity index (χ2v) is 8.15.